The van der Waals surface area contributed by atoms with Crippen LogP contribution >= 0.6 is 0 Å². The van der Waals surface area contributed by atoms with Gasteiger partial charge < -0.3 is 10.5 Å². The number of hydrogen-bond donors (Lipinski definition) is 2. The quantitative estimate of drug-likeness (QED) is 0.640. The van der Waals surface area contributed by atoms with Crippen molar-refractivity contribution in [2.24, 2.45) is 5.73 Å². The molecule has 0 spiro atoms. The fraction of sp³-hybridized carbons (Fsp3) is 0.231. The average molecular weight is 244 g/mol. The number of aromatic nitrogens is 2. The van der Waals surface area contributed by atoms with Crippen LogP contribution in [0, 0.1) is 12.3 Å². The minimum absolute atomic E-state index is 0.00316. The van der Waals surface area contributed by atoms with Gasteiger partial charge >= 0.3 is 0 Å². The molecule has 0 unspecified atom stereocenters. The van der Waals surface area contributed by atoms with Crippen LogP contribution in [-0.2, 0) is 6.54 Å². The first-order valence-electron chi connectivity index (χ1n) is 5.75. The van der Waals surface area contributed by atoms with E-state index < -0.39 is 0 Å². The van der Waals surface area contributed by atoms with Crippen molar-refractivity contribution in [3.8, 4) is 11.5 Å². The van der Waals surface area contributed by atoms with Crippen LogP contribution < -0.4 is 10.5 Å². The van der Waals surface area contributed by atoms with Gasteiger partial charge in [0.15, 0.2) is 5.75 Å². The van der Waals surface area contributed by atoms with Gasteiger partial charge in [-0.1, -0.05) is 11.6 Å². The molecule has 2 aromatic rings. The van der Waals surface area contributed by atoms with E-state index >= 15 is 0 Å². The zero-order valence-corrected chi connectivity index (χ0v) is 10.5. The third-order valence-corrected chi connectivity index (χ3v) is 2.59. The summed E-state index contributed by atoms with van der Waals surface area (Å²) in [5, 5.41) is 11.7. The monoisotopic (exact) mass is 244 g/mol. The summed E-state index contributed by atoms with van der Waals surface area (Å²) in [6.45, 7) is 4.74. The van der Waals surface area contributed by atoms with E-state index in [-0.39, 0.29) is 5.84 Å². The first-order valence-corrected chi connectivity index (χ1v) is 5.75. The summed E-state index contributed by atoms with van der Waals surface area (Å²) >= 11 is 0. The standard InChI is InChI=1S/C13H16N4O/c1-3-17-8-10(7-16-17)18-12-5-4-9(2)6-11(12)13(14)15/h4-8H,3H2,1-2H3,(H3,14,15). The van der Waals surface area contributed by atoms with Crippen LogP contribution in [0.2, 0.25) is 0 Å². The summed E-state index contributed by atoms with van der Waals surface area (Å²) in [5.41, 5.74) is 7.19. The van der Waals surface area contributed by atoms with Gasteiger partial charge in [0.05, 0.1) is 18.0 Å². The SMILES string of the molecule is CCn1cc(Oc2ccc(C)cc2C(=N)N)cn1. The maximum absolute atomic E-state index is 7.56. The Bertz CT molecular complexity index is 574. The summed E-state index contributed by atoms with van der Waals surface area (Å²) in [7, 11) is 0. The predicted octanol–water partition coefficient (Wildman–Crippen LogP) is 2.29. The van der Waals surface area contributed by atoms with E-state index in [4.69, 9.17) is 15.9 Å². The lowest BCUT2D eigenvalue weighted by atomic mass is 10.1. The van der Waals surface area contributed by atoms with Gasteiger partial charge in [-0.15, -0.1) is 0 Å². The van der Waals surface area contributed by atoms with Crippen LogP contribution in [0.4, 0.5) is 0 Å². The molecule has 0 bridgehead atoms. The number of hydrogen-bond acceptors (Lipinski definition) is 3. The fourth-order valence-electron chi connectivity index (χ4n) is 1.64. The van der Waals surface area contributed by atoms with Gasteiger partial charge in [0.25, 0.3) is 0 Å². The first kappa shape index (κ1) is 12.2. The van der Waals surface area contributed by atoms with Gasteiger partial charge in [-0.05, 0) is 26.0 Å². The largest absolute Gasteiger partial charge is 0.453 e. The summed E-state index contributed by atoms with van der Waals surface area (Å²) in [5.74, 6) is 1.21. The van der Waals surface area contributed by atoms with Gasteiger partial charge in [-0.25, -0.2) is 0 Å². The van der Waals surface area contributed by atoms with Gasteiger partial charge in [0.1, 0.15) is 11.6 Å². The number of rotatable bonds is 4. The number of benzene rings is 1. The molecule has 1 aromatic carbocycles. The molecule has 5 heteroatoms. The number of nitrogens with one attached hydrogen (secondary N) is 1. The van der Waals surface area contributed by atoms with E-state index in [2.05, 4.69) is 5.10 Å². The highest BCUT2D eigenvalue weighted by Crippen LogP contribution is 2.25. The summed E-state index contributed by atoms with van der Waals surface area (Å²) < 4.78 is 7.48. The molecule has 0 atom stereocenters. The van der Waals surface area contributed by atoms with Crippen molar-refractivity contribution in [3.63, 3.8) is 0 Å². The van der Waals surface area contributed by atoms with Crippen LogP contribution in [0.3, 0.4) is 0 Å². The molecular formula is C13H16N4O. The molecule has 5 nitrogen and oxygen atoms in total. The lowest BCUT2D eigenvalue weighted by Gasteiger charge is -2.09. The summed E-state index contributed by atoms with van der Waals surface area (Å²) in [4.78, 5) is 0. The minimum atomic E-state index is -0.00316. The molecular weight excluding hydrogens is 228 g/mol. The van der Waals surface area contributed by atoms with Gasteiger partial charge in [-0.2, -0.15) is 5.10 Å². The molecule has 0 aliphatic rings. The number of nitrogens with two attached hydrogens (primary N) is 1. The van der Waals surface area contributed by atoms with Crippen molar-refractivity contribution in [2.75, 3.05) is 0 Å². The number of amidine groups is 1. The second-order valence-corrected chi connectivity index (χ2v) is 4.05. The topological polar surface area (TPSA) is 76.9 Å². The third kappa shape index (κ3) is 2.51. The Morgan fingerprint density at radius 3 is 2.89 bits per heavy atom. The molecule has 0 aliphatic heterocycles. The Labute approximate surface area is 106 Å². The highest BCUT2D eigenvalue weighted by atomic mass is 16.5. The van der Waals surface area contributed by atoms with E-state index in [0.717, 1.165) is 12.1 Å². The van der Waals surface area contributed by atoms with Crippen molar-refractivity contribution >= 4 is 5.84 Å². The smallest absolute Gasteiger partial charge is 0.165 e. The molecule has 0 fully saturated rings. The van der Waals surface area contributed by atoms with Crippen molar-refractivity contribution in [1.29, 1.82) is 5.41 Å². The van der Waals surface area contributed by atoms with Gasteiger partial charge in [-0.3, -0.25) is 10.1 Å². The van der Waals surface area contributed by atoms with Crippen molar-refractivity contribution in [1.82, 2.24) is 9.78 Å². The van der Waals surface area contributed by atoms with E-state index in [1.807, 2.05) is 38.2 Å². The zero-order valence-electron chi connectivity index (χ0n) is 10.5. The van der Waals surface area contributed by atoms with Crippen LogP contribution in [0.15, 0.2) is 30.6 Å². The van der Waals surface area contributed by atoms with E-state index in [1.54, 1.807) is 10.9 Å². The zero-order chi connectivity index (χ0) is 13.1. The molecule has 2 rings (SSSR count). The number of nitrogens with zero attached hydrogens (tertiary/aromatic N) is 2. The van der Waals surface area contributed by atoms with Crippen LogP contribution in [0.25, 0.3) is 0 Å². The predicted molar refractivity (Wildman–Crippen MR) is 70.2 cm³/mol. The normalized spacial score (nSPS) is 10.3. The second-order valence-electron chi connectivity index (χ2n) is 4.05. The van der Waals surface area contributed by atoms with Crippen molar-refractivity contribution < 1.29 is 4.74 Å². The Morgan fingerprint density at radius 2 is 2.28 bits per heavy atom. The fourth-order valence-corrected chi connectivity index (χ4v) is 1.64. The Hall–Kier alpha value is -2.30. The van der Waals surface area contributed by atoms with Crippen LogP contribution in [0.1, 0.15) is 18.1 Å². The molecule has 0 amide bonds. The van der Waals surface area contributed by atoms with E-state index in [1.165, 1.54) is 0 Å². The lowest BCUT2D eigenvalue weighted by molar-refractivity contribution is 0.480. The third-order valence-electron chi connectivity index (χ3n) is 2.59. The molecule has 94 valence electrons. The Morgan fingerprint density at radius 1 is 1.50 bits per heavy atom. The molecule has 0 saturated carbocycles. The summed E-state index contributed by atoms with van der Waals surface area (Å²) in [6.07, 6.45) is 3.46. The number of aryl methyl sites for hydroxylation is 2. The minimum Gasteiger partial charge on any atom is -0.453 e. The second kappa shape index (κ2) is 4.91. The molecule has 3 N–H and O–H groups in total. The van der Waals surface area contributed by atoms with Gasteiger partial charge in [0, 0.05) is 6.54 Å². The van der Waals surface area contributed by atoms with Crippen LogP contribution in [0.5, 0.6) is 11.5 Å². The molecule has 0 saturated heterocycles. The molecule has 1 heterocycles. The van der Waals surface area contributed by atoms with Gasteiger partial charge in [0.2, 0.25) is 0 Å². The highest BCUT2D eigenvalue weighted by molar-refractivity contribution is 5.97. The number of nitrogen functional groups attached to an aromatic ring is 1. The van der Waals surface area contributed by atoms with E-state index in [9.17, 15) is 0 Å². The highest BCUT2D eigenvalue weighted by Gasteiger charge is 2.09. The summed E-state index contributed by atoms with van der Waals surface area (Å²) in [6, 6.07) is 5.57. The Balaban J connectivity index is 2.30. The maximum atomic E-state index is 7.56. The number of ether oxygens (including phenoxy) is 1. The first-order chi connectivity index (χ1) is 8.60. The van der Waals surface area contributed by atoms with Crippen molar-refractivity contribution in [2.45, 2.75) is 20.4 Å². The molecule has 1 aromatic heterocycles. The maximum Gasteiger partial charge on any atom is 0.165 e. The van der Waals surface area contributed by atoms with Crippen molar-refractivity contribution in [3.05, 3.63) is 41.7 Å². The molecule has 0 aliphatic carbocycles. The lowest BCUT2D eigenvalue weighted by Crippen LogP contribution is -2.12. The average Bonchev–Trinajstić information content (AvgIpc) is 2.79. The molecule has 18 heavy (non-hydrogen) atoms. The molecule has 0 radical (unpaired) electrons. The Kier molecular flexibility index (Phi) is 3.32. The van der Waals surface area contributed by atoms with Crippen LogP contribution in [-0.4, -0.2) is 15.6 Å². The van der Waals surface area contributed by atoms with E-state index in [0.29, 0.717) is 17.1 Å².